The van der Waals surface area contributed by atoms with Gasteiger partial charge in [0.1, 0.15) is 13.6 Å². The van der Waals surface area contributed by atoms with Crippen molar-refractivity contribution < 1.29 is 19.7 Å². The number of nitrogens with one attached hydrogen (secondary N) is 2. The van der Waals surface area contributed by atoms with Crippen LogP contribution in [-0.2, 0) is 4.74 Å². The van der Waals surface area contributed by atoms with E-state index in [4.69, 9.17) is 10.2 Å². The molecule has 0 aromatic heterocycles. The molecule has 0 radical (unpaired) electrons. The second-order valence-corrected chi connectivity index (χ2v) is 1.04. The molecule has 4 N–H and O–H groups in total. The molecule has 6 nitrogen and oxygen atoms in total. The van der Waals surface area contributed by atoms with Gasteiger partial charge in [-0.05, 0) is 0 Å². The van der Waals surface area contributed by atoms with Crippen LogP contribution in [0.2, 0.25) is 0 Å². The number of hydrazine groups is 1. The Morgan fingerprint density at radius 2 is 1.67 bits per heavy atom. The molecule has 1 fully saturated rings. The minimum absolute atomic E-state index is 0.0833. The van der Waals surface area contributed by atoms with Gasteiger partial charge in [0.2, 0.25) is 0 Å². The maximum Gasteiger partial charge on any atom is 0.352 e. The van der Waals surface area contributed by atoms with Crippen molar-refractivity contribution in [2.24, 2.45) is 0 Å². The highest BCUT2D eigenvalue weighted by Crippen LogP contribution is 1.64. The van der Waals surface area contributed by atoms with Gasteiger partial charge in [0.25, 0.3) is 0 Å². The number of carbonyl (C=O) groups is 1. The first-order valence-corrected chi connectivity index (χ1v) is 2.16. The number of rotatable bonds is 2. The van der Waals surface area contributed by atoms with E-state index in [0.29, 0.717) is 0 Å². The molecule has 0 bridgehead atoms. The zero-order valence-corrected chi connectivity index (χ0v) is 4.63. The van der Waals surface area contributed by atoms with Gasteiger partial charge in [-0.2, -0.15) is 0 Å². The number of hydrogen-bond acceptors (Lipinski definition) is 4. The largest absolute Gasteiger partial charge is 0.371 e. The van der Waals surface area contributed by atoms with Gasteiger partial charge in [-0.1, -0.05) is 0 Å². The van der Waals surface area contributed by atoms with Crippen molar-refractivity contribution in [1.29, 1.82) is 0 Å². The number of urea groups is 1. The topological polar surface area (TPSA) is 111 Å². The van der Waals surface area contributed by atoms with Crippen molar-refractivity contribution in [2.45, 2.75) is 0 Å². The molecule has 9 heavy (non-hydrogen) atoms. The third-order valence-electron chi connectivity index (χ3n) is 0.410. The molecule has 0 saturated carbocycles. The second-order valence-electron chi connectivity index (χ2n) is 1.04. The normalized spacial score (nSPS) is 12.4. The molecule has 1 aliphatic rings. The summed E-state index contributed by atoms with van der Waals surface area (Å²) >= 11 is 0. The summed E-state index contributed by atoms with van der Waals surface area (Å²) in [6, 6.07) is -0.0833. The van der Waals surface area contributed by atoms with Gasteiger partial charge in [-0.15, -0.1) is 0 Å². The van der Waals surface area contributed by atoms with Crippen LogP contribution in [0.1, 0.15) is 0 Å². The lowest BCUT2D eigenvalue weighted by Crippen LogP contribution is -1.91. The smallest absolute Gasteiger partial charge is 0.352 e. The predicted octanol–water partition coefficient (Wildman–Crippen LogP) is -1.88. The van der Waals surface area contributed by atoms with Crippen LogP contribution >= 0.6 is 0 Å². The summed E-state index contributed by atoms with van der Waals surface area (Å²) in [6.45, 7) is -0.812. The first kappa shape index (κ1) is 8.15. The number of ether oxygens (including phenoxy) is 1. The van der Waals surface area contributed by atoms with E-state index >= 15 is 0 Å². The summed E-state index contributed by atoms with van der Waals surface area (Å²) in [5, 5.41) is 15.4. The van der Waals surface area contributed by atoms with E-state index in [2.05, 4.69) is 15.6 Å². The summed E-state index contributed by atoms with van der Waals surface area (Å²) in [5.41, 5.74) is 4.42. The third-order valence-corrected chi connectivity index (χ3v) is 0.410. The van der Waals surface area contributed by atoms with Crippen molar-refractivity contribution in [3.8, 4) is 0 Å². The lowest BCUT2D eigenvalue weighted by Gasteiger charge is -1.85. The Kier molecular flexibility index (Phi) is 4.79. The third kappa shape index (κ3) is 11.0. The molecule has 0 aromatic rings. The maximum absolute atomic E-state index is 9.33. The monoisotopic (exact) mass is 136 g/mol. The lowest BCUT2D eigenvalue weighted by molar-refractivity contribution is -0.0763. The van der Waals surface area contributed by atoms with Crippen molar-refractivity contribution in [2.75, 3.05) is 13.6 Å². The molecule has 0 aromatic carbocycles. The van der Waals surface area contributed by atoms with Crippen molar-refractivity contribution in [3.05, 3.63) is 0 Å². The van der Waals surface area contributed by atoms with Crippen molar-refractivity contribution in [1.82, 2.24) is 10.9 Å². The molecule has 0 unspecified atom stereocenters. The maximum atomic E-state index is 9.33. The number of aliphatic hydroxyl groups is 2. The number of amides is 2. The van der Waals surface area contributed by atoms with Gasteiger partial charge < -0.3 is 14.9 Å². The number of hydrogen-bond donors (Lipinski definition) is 4. The molecular weight excluding hydrogens is 128 g/mol. The van der Waals surface area contributed by atoms with Gasteiger partial charge in [0.05, 0.1) is 0 Å². The fourth-order valence-electron chi connectivity index (χ4n) is 0.0663. The summed E-state index contributed by atoms with van der Waals surface area (Å²) in [7, 11) is 0. The molecule has 0 atom stereocenters. The Morgan fingerprint density at radius 3 is 1.67 bits per heavy atom. The van der Waals surface area contributed by atoms with Crippen molar-refractivity contribution in [3.63, 3.8) is 0 Å². The molecular formula is C3H8N2O4. The fraction of sp³-hybridized carbons (Fsp3) is 0.667. The van der Waals surface area contributed by atoms with Gasteiger partial charge in [-0.25, -0.2) is 15.6 Å². The quantitative estimate of drug-likeness (QED) is 0.263. The summed E-state index contributed by atoms with van der Waals surface area (Å²) < 4.78 is 3.94. The average Bonchev–Trinajstić information content (AvgIpc) is 2.55. The van der Waals surface area contributed by atoms with Gasteiger partial charge in [-0.3, -0.25) is 0 Å². The summed E-state index contributed by atoms with van der Waals surface area (Å²) in [4.78, 5) is 9.33. The first-order chi connectivity index (χ1) is 4.31. The van der Waals surface area contributed by atoms with E-state index in [0.717, 1.165) is 0 Å². The average molecular weight is 136 g/mol. The Labute approximate surface area is 51.4 Å². The zero-order valence-electron chi connectivity index (χ0n) is 4.63. The van der Waals surface area contributed by atoms with E-state index in [1.807, 2.05) is 0 Å². The zero-order chi connectivity index (χ0) is 7.11. The molecule has 2 amide bonds. The molecule has 1 rings (SSSR count). The Balaban J connectivity index is 0.000000144. The van der Waals surface area contributed by atoms with E-state index in [9.17, 15) is 4.79 Å². The molecule has 6 heteroatoms. The molecule has 1 aliphatic heterocycles. The van der Waals surface area contributed by atoms with Gasteiger partial charge in [0.15, 0.2) is 0 Å². The molecule has 0 aliphatic carbocycles. The SMILES string of the molecule is O=C1NN1.OCOCO. The van der Waals surface area contributed by atoms with Crippen LogP contribution in [0.3, 0.4) is 0 Å². The minimum atomic E-state index is -0.406. The molecule has 54 valence electrons. The fourth-order valence-corrected chi connectivity index (χ4v) is 0.0663. The molecule has 0 spiro atoms. The van der Waals surface area contributed by atoms with Crippen LogP contribution in [0.15, 0.2) is 0 Å². The van der Waals surface area contributed by atoms with E-state index in [1.165, 1.54) is 0 Å². The Morgan fingerprint density at radius 1 is 1.33 bits per heavy atom. The van der Waals surface area contributed by atoms with Crippen LogP contribution in [-0.4, -0.2) is 29.8 Å². The Bertz CT molecular complexity index is 77.9. The minimum Gasteiger partial charge on any atom is -0.371 e. The van der Waals surface area contributed by atoms with E-state index < -0.39 is 13.6 Å². The van der Waals surface area contributed by atoms with Crippen LogP contribution < -0.4 is 10.9 Å². The van der Waals surface area contributed by atoms with E-state index in [-0.39, 0.29) is 6.03 Å². The number of carbonyl (C=O) groups excluding carboxylic acids is 1. The van der Waals surface area contributed by atoms with Gasteiger partial charge in [0, 0.05) is 0 Å². The summed E-state index contributed by atoms with van der Waals surface area (Å²) in [5.74, 6) is 0. The molecule has 1 heterocycles. The van der Waals surface area contributed by atoms with Crippen molar-refractivity contribution >= 4 is 6.03 Å². The lowest BCUT2D eigenvalue weighted by atomic mass is 11.4. The number of aliphatic hydroxyl groups excluding tert-OH is 2. The second kappa shape index (κ2) is 5.29. The Hall–Kier alpha value is -0.850. The standard InChI is InChI=1S/C2H6O3.CH2N2O/c3-1-5-2-4;4-1-2-3-1/h3-4H,1-2H2;(H2,2,3,4). The summed E-state index contributed by atoms with van der Waals surface area (Å²) in [6.07, 6.45) is 0. The van der Waals surface area contributed by atoms with Crippen LogP contribution in [0, 0.1) is 0 Å². The molecule has 1 saturated heterocycles. The van der Waals surface area contributed by atoms with Gasteiger partial charge >= 0.3 is 6.03 Å². The van der Waals surface area contributed by atoms with Crippen LogP contribution in [0.5, 0.6) is 0 Å². The van der Waals surface area contributed by atoms with Crippen LogP contribution in [0.25, 0.3) is 0 Å². The predicted molar refractivity (Wildman–Crippen MR) is 26.9 cm³/mol. The van der Waals surface area contributed by atoms with E-state index in [1.54, 1.807) is 0 Å². The highest BCUT2D eigenvalue weighted by Gasteiger charge is 2.08. The highest BCUT2D eigenvalue weighted by molar-refractivity contribution is 5.85. The highest BCUT2D eigenvalue weighted by atomic mass is 16.6. The van der Waals surface area contributed by atoms with Crippen LogP contribution in [0.4, 0.5) is 4.79 Å². The first-order valence-electron chi connectivity index (χ1n) is 2.16.